The number of rotatable bonds is 4. The normalized spacial score (nSPS) is 18.4. The number of nitro groups is 1. The molecular weight excluding hydrogens is 407 g/mol. The van der Waals surface area contributed by atoms with Gasteiger partial charge in [-0.1, -0.05) is 29.3 Å². The first-order chi connectivity index (χ1) is 11.8. The van der Waals surface area contributed by atoms with Crippen LogP contribution in [0.3, 0.4) is 0 Å². The van der Waals surface area contributed by atoms with Gasteiger partial charge >= 0.3 is 0 Å². The van der Waals surface area contributed by atoms with Gasteiger partial charge in [0.25, 0.3) is 5.69 Å². The average molecular weight is 419 g/mol. The highest BCUT2D eigenvalue weighted by Gasteiger charge is 2.37. The lowest BCUT2D eigenvalue weighted by atomic mass is 10.2. The van der Waals surface area contributed by atoms with Gasteiger partial charge in [0.1, 0.15) is 5.02 Å². The molecule has 132 valence electrons. The molecule has 0 bridgehead atoms. The van der Waals surface area contributed by atoms with Crippen molar-refractivity contribution in [2.24, 2.45) is 0 Å². The minimum absolute atomic E-state index is 0.0175. The van der Waals surface area contributed by atoms with Crippen molar-refractivity contribution in [3.63, 3.8) is 0 Å². The van der Waals surface area contributed by atoms with Crippen LogP contribution in [0.1, 0.15) is 10.9 Å². The lowest BCUT2D eigenvalue weighted by molar-refractivity contribution is -0.384. The van der Waals surface area contributed by atoms with Gasteiger partial charge in [0.2, 0.25) is 10.0 Å². The van der Waals surface area contributed by atoms with Crippen LogP contribution < -0.4 is 0 Å². The zero-order chi connectivity index (χ0) is 18.2. The predicted octanol–water partition coefficient (Wildman–Crippen LogP) is 4.34. The number of nitro benzene ring substituents is 1. The number of hydrogen-bond acceptors (Lipinski definition) is 5. The van der Waals surface area contributed by atoms with E-state index in [2.05, 4.69) is 0 Å². The Bertz CT molecular complexity index is 920. The number of hydrogen-bond donors (Lipinski definition) is 0. The maximum atomic E-state index is 12.9. The topological polar surface area (TPSA) is 80.5 Å². The zero-order valence-corrected chi connectivity index (χ0v) is 15.8. The fraction of sp³-hybridized carbons (Fsp3) is 0.200. The van der Waals surface area contributed by atoms with E-state index < -0.39 is 20.3 Å². The molecule has 1 atom stereocenters. The van der Waals surface area contributed by atoms with Crippen LogP contribution in [0.5, 0.6) is 0 Å². The van der Waals surface area contributed by atoms with E-state index in [9.17, 15) is 18.5 Å². The summed E-state index contributed by atoms with van der Waals surface area (Å²) in [6.07, 6.45) is 0. The fourth-order valence-electron chi connectivity index (χ4n) is 2.53. The molecule has 0 saturated carbocycles. The Morgan fingerprint density at radius 2 is 1.84 bits per heavy atom. The summed E-state index contributed by atoms with van der Waals surface area (Å²) in [6, 6.07) is 10.3. The molecule has 2 aromatic carbocycles. The summed E-state index contributed by atoms with van der Waals surface area (Å²) in [5.41, 5.74) is 0.284. The van der Waals surface area contributed by atoms with E-state index in [4.69, 9.17) is 23.2 Å². The number of thioether (sulfide) groups is 1. The third-order valence-corrected chi connectivity index (χ3v) is 7.57. The van der Waals surface area contributed by atoms with Crippen molar-refractivity contribution < 1.29 is 13.3 Å². The zero-order valence-electron chi connectivity index (χ0n) is 12.6. The molecule has 1 saturated heterocycles. The van der Waals surface area contributed by atoms with E-state index in [1.54, 1.807) is 6.07 Å². The van der Waals surface area contributed by atoms with Crippen LogP contribution in [0, 0.1) is 10.1 Å². The Kier molecular flexibility index (Phi) is 5.26. The second-order valence-electron chi connectivity index (χ2n) is 5.26. The number of halogens is 2. The van der Waals surface area contributed by atoms with Crippen molar-refractivity contribution in [3.8, 4) is 0 Å². The molecule has 10 heteroatoms. The summed E-state index contributed by atoms with van der Waals surface area (Å²) in [6.45, 7) is 0.316. The third kappa shape index (κ3) is 3.63. The quantitative estimate of drug-likeness (QED) is 0.544. The highest BCUT2D eigenvalue weighted by Crippen LogP contribution is 2.43. The molecule has 3 rings (SSSR count). The van der Waals surface area contributed by atoms with Crippen molar-refractivity contribution in [2.75, 3.05) is 12.3 Å². The van der Waals surface area contributed by atoms with E-state index in [0.717, 1.165) is 0 Å². The molecule has 0 radical (unpaired) electrons. The first-order valence-corrected chi connectivity index (χ1v) is 10.4. The molecule has 0 spiro atoms. The van der Waals surface area contributed by atoms with Gasteiger partial charge < -0.3 is 0 Å². The molecular formula is C15H12Cl2N2O4S2. The molecule has 1 fully saturated rings. The first-order valence-electron chi connectivity index (χ1n) is 7.13. The van der Waals surface area contributed by atoms with Crippen LogP contribution in [0.4, 0.5) is 5.69 Å². The van der Waals surface area contributed by atoms with Crippen molar-refractivity contribution >= 4 is 50.7 Å². The second-order valence-corrected chi connectivity index (χ2v) is 9.18. The van der Waals surface area contributed by atoms with E-state index >= 15 is 0 Å². The molecule has 6 nitrogen and oxygen atoms in total. The Labute approximate surface area is 158 Å². The lowest BCUT2D eigenvalue weighted by Gasteiger charge is -2.23. The summed E-state index contributed by atoms with van der Waals surface area (Å²) < 4.78 is 27.2. The Morgan fingerprint density at radius 3 is 2.48 bits per heavy atom. The largest absolute Gasteiger partial charge is 0.288 e. The molecule has 0 unspecified atom stereocenters. The number of benzene rings is 2. The smallest absolute Gasteiger partial charge is 0.258 e. The molecule has 0 N–H and O–H groups in total. The standard InChI is InChI=1S/C15H12Cl2N2O4S2/c16-11-2-4-12(5-3-11)25(22,23)18-7-8-24-15(18)10-1-6-13(17)14(9-10)19(20)21/h1-6,9,15H,7-8H2/t15-/m1/s1. The van der Waals surface area contributed by atoms with E-state index in [1.165, 1.54) is 52.5 Å². The second kappa shape index (κ2) is 7.13. The molecule has 1 aliphatic heterocycles. The van der Waals surface area contributed by atoms with Gasteiger partial charge in [0, 0.05) is 23.4 Å². The van der Waals surface area contributed by atoms with Gasteiger partial charge in [-0.2, -0.15) is 4.31 Å². The Balaban J connectivity index is 1.99. The highest BCUT2D eigenvalue weighted by atomic mass is 35.5. The Morgan fingerprint density at radius 1 is 1.16 bits per heavy atom. The minimum Gasteiger partial charge on any atom is -0.258 e. The van der Waals surface area contributed by atoms with Gasteiger partial charge in [-0.25, -0.2) is 8.42 Å². The van der Waals surface area contributed by atoms with Gasteiger partial charge in [-0.15, -0.1) is 11.8 Å². The summed E-state index contributed by atoms with van der Waals surface area (Å²) in [7, 11) is -3.74. The van der Waals surface area contributed by atoms with Crippen molar-refractivity contribution in [1.29, 1.82) is 0 Å². The number of nitrogens with zero attached hydrogens (tertiary/aromatic N) is 2. The van der Waals surface area contributed by atoms with Crippen molar-refractivity contribution in [3.05, 3.63) is 68.2 Å². The third-order valence-electron chi connectivity index (χ3n) is 3.72. The van der Waals surface area contributed by atoms with E-state index in [1.807, 2.05) is 0 Å². The SMILES string of the molecule is O=[N+]([O-])c1cc([C@H]2SCCN2S(=O)(=O)c2ccc(Cl)cc2)ccc1Cl. The maximum Gasteiger partial charge on any atom is 0.288 e. The summed E-state index contributed by atoms with van der Waals surface area (Å²) >= 11 is 13.1. The molecule has 25 heavy (non-hydrogen) atoms. The highest BCUT2D eigenvalue weighted by molar-refractivity contribution is 8.01. The van der Waals surface area contributed by atoms with Crippen LogP contribution in [0.2, 0.25) is 10.0 Å². The van der Waals surface area contributed by atoms with Crippen LogP contribution in [0.15, 0.2) is 47.4 Å². The summed E-state index contributed by atoms with van der Waals surface area (Å²) in [4.78, 5) is 10.6. The maximum absolute atomic E-state index is 12.9. The number of sulfonamides is 1. The van der Waals surface area contributed by atoms with E-state index in [0.29, 0.717) is 22.9 Å². The van der Waals surface area contributed by atoms with Crippen LogP contribution >= 0.6 is 35.0 Å². The van der Waals surface area contributed by atoms with Crippen molar-refractivity contribution in [1.82, 2.24) is 4.31 Å². The minimum atomic E-state index is -3.74. The average Bonchev–Trinajstić information content (AvgIpc) is 3.06. The molecule has 0 aliphatic carbocycles. The lowest BCUT2D eigenvalue weighted by Crippen LogP contribution is -2.30. The van der Waals surface area contributed by atoms with Gasteiger partial charge in [0.05, 0.1) is 15.2 Å². The predicted molar refractivity (Wildman–Crippen MR) is 98.6 cm³/mol. The van der Waals surface area contributed by atoms with E-state index in [-0.39, 0.29) is 15.6 Å². The molecule has 0 amide bonds. The monoisotopic (exact) mass is 418 g/mol. The van der Waals surface area contributed by atoms with Gasteiger partial charge in [-0.05, 0) is 35.9 Å². The molecule has 1 heterocycles. The van der Waals surface area contributed by atoms with Crippen LogP contribution in [0.25, 0.3) is 0 Å². The fourth-order valence-corrected chi connectivity index (χ4v) is 6.07. The Hall–Kier alpha value is -1.32. The van der Waals surface area contributed by atoms with Crippen LogP contribution in [-0.4, -0.2) is 29.9 Å². The molecule has 2 aromatic rings. The summed E-state index contributed by atoms with van der Waals surface area (Å²) in [5, 5.41) is 11.0. The summed E-state index contributed by atoms with van der Waals surface area (Å²) in [5.74, 6) is 0.591. The van der Waals surface area contributed by atoms with Crippen LogP contribution in [-0.2, 0) is 10.0 Å². The first kappa shape index (κ1) is 18.5. The van der Waals surface area contributed by atoms with Crippen molar-refractivity contribution in [2.45, 2.75) is 10.3 Å². The van der Waals surface area contributed by atoms with Gasteiger partial charge in [0.15, 0.2) is 0 Å². The van der Waals surface area contributed by atoms with Gasteiger partial charge in [-0.3, -0.25) is 10.1 Å². The molecule has 0 aromatic heterocycles. The molecule has 1 aliphatic rings.